The van der Waals surface area contributed by atoms with Gasteiger partial charge in [-0.2, -0.15) is 0 Å². The van der Waals surface area contributed by atoms with Gasteiger partial charge >= 0.3 is 0 Å². The van der Waals surface area contributed by atoms with Crippen LogP contribution in [0.1, 0.15) is 34.6 Å². The van der Waals surface area contributed by atoms with E-state index in [0.717, 1.165) is 6.92 Å². The second kappa shape index (κ2) is 16.5. The van der Waals surface area contributed by atoms with Gasteiger partial charge in [-0.05, 0) is 0 Å². The largest absolute Gasteiger partial charge is 0.481 e. The molecule has 0 saturated carbocycles. The molecule has 98 valence electrons. The van der Waals surface area contributed by atoms with Crippen LogP contribution in [0.25, 0.3) is 0 Å². The number of non-ortho nitro benzene ring substituents is 1. The van der Waals surface area contributed by atoms with E-state index in [4.69, 9.17) is 9.90 Å². The normalized spacial score (nSPS) is 6.88. The third-order valence-electron chi connectivity index (χ3n) is 0.967. The van der Waals surface area contributed by atoms with Gasteiger partial charge in [0.2, 0.25) is 0 Å². The average molecular weight is 243 g/mol. The van der Waals surface area contributed by atoms with Crippen LogP contribution in [0.4, 0.5) is 5.69 Å². The highest BCUT2D eigenvalue weighted by molar-refractivity contribution is 5.62. The van der Waals surface area contributed by atoms with Gasteiger partial charge in [0.25, 0.3) is 11.7 Å². The maximum absolute atomic E-state index is 10.0. The van der Waals surface area contributed by atoms with E-state index in [9.17, 15) is 10.1 Å². The zero-order valence-corrected chi connectivity index (χ0v) is 11.0. The van der Waals surface area contributed by atoms with Crippen molar-refractivity contribution in [2.75, 3.05) is 0 Å². The summed E-state index contributed by atoms with van der Waals surface area (Å²) in [6, 6.07) is 7.93. The first-order valence-electron chi connectivity index (χ1n) is 5.43. The predicted molar refractivity (Wildman–Crippen MR) is 69.1 cm³/mol. The van der Waals surface area contributed by atoms with E-state index in [1.54, 1.807) is 18.2 Å². The number of carbonyl (C=O) groups is 1. The summed E-state index contributed by atoms with van der Waals surface area (Å²) in [5.74, 6) is -0.833. The van der Waals surface area contributed by atoms with Crippen molar-refractivity contribution in [1.82, 2.24) is 0 Å². The van der Waals surface area contributed by atoms with Gasteiger partial charge in [-0.1, -0.05) is 45.9 Å². The first-order chi connectivity index (χ1) is 8.04. The smallest absolute Gasteiger partial charge is 0.300 e. The molecule has 0 unspecified atom stereocenters. The second-order valence-electron chi connectivity index (χ2n) is 2.11. The summed E-state index contributed by atoms with van der Waals surface area (Å²) in [5, 5.41) is 17.4. The molecule has 0 radical (unpaired) electrons. The number of nitrogens with zero attached hydrogens (tertiary/aromatic N) is 1. The summed E-state index contributed by atoms with van der Waals surface area (Å²) in [7, 11) is 0. The zero-order valence-electron chi connectivity index (χ0n) is 11.0. The lowest BCUT2D eigenvalue weighted by atomic mass is 10.3. The Morgan fingerprint density at radius 3 is 1.59 bits per heavy atom. The molecule has 0 atom stereocenters. The van der Waals surface area contributed by atoms with E-state index in [-0.39, 0.29) is 5.69 Å². The van der Waals surface area contributed by atoms with E-state index < -0.39 is 10.9 Å². The molecule has 1 rings (SSSR count). The summed E-state index contributed by atoms with van der Waals surface area (Å²) >= 11 is 0. The number of rotatable bonds is 1. The number of carboxylic acid groups (broad SMARTS) is 1. The van der Waals surface area contributed by atoms with E-state index in [1.807, 2.05) is 27.7 Å². The molecule has 0 aromatic heterocycles. The lowest BCUT2D eigenvalue weighted by Crippen LogP contribution is -1.84. The lowest BCUT2D eigenvalue weighted by Gasteiger charge is -1.85. The molecule has 0 aliphatic heterocycles. The molecule has 0 heterocycles. The van der Waals surface area contributed by atoms with Gasteiger partial charge in [0, 0.05) is 19.1 Å². The van der Waals surface area contributed by atoms with Crippen LogP contribution in [0.5, 0.6) is 0 Å². The van der Waals surface area contributed by atoms with Crippen LogP contribution < -0.4 is 0 Å². The molecule has 0 spiro atoms. The molecule has 17 heavy (non-hydrogen) atoms. The van der Waals surface area contributed by atoms with Gasteiger partial charge in [0.15, 0.2) is 0 Å². The minimum atomic E-state index is -0.833. The summed E-state index contributed by atoms with van der Waals surface area (Å²) in [4.78, 5) is 18.6. The van der Waals surface area contributed by atoms with Crippen LogP contribution in [0, 0.1) is 10.1 Å². The predicted octanol–water partition coefficient (Wildman–Crippen LogP) is 3.74. The maximum atomic E-state index is 10.0. The molecule has 1 N–H and O–H groups in total. The Morgan fingerprint density at radius 2 is 1.41 bits per heavy atom. The first kappa shape index (κ1) is 20.5. The molecule has 0 amide bonds. The van der Waals surface area contributed by atoms with Gasteiger partial charge in [-0.25, -0.2) is 0 Å². The Kier molecular flexibility index (Phi) is 19.9. The van der Waals surface area contributed by atoms with Gasteiger partial charge in [-0.3, -0.25) is 14.9 Å². The first-order valence-corrected chi connectivity index (χ1v) is 5.43. The molecule has 5 heteroatoms. The number of nitro groups is 1. The molecule has 0 bridgehead atoms. The van der Waals surface area contributed by atoms with Gasteiger partial charge < -0.3 is 5.11 Å². The fraction of sp³-hybridized carbons (Fsp3) is 0.417. The topological polar surface area (TPSA) is 80.4 Å². The van der Waals surface area contributed by atoms with Crippen LogP contribution in [0.15, 0.2) is 30.3 Å². The highest BCUT2D eigenvalue weighted by atomic mass is 16.6. The number of aliphatic carboxylic acids is 1. The van der Waals surface area contributed by atoms with Crippen LogP contribution in [-0.4, -0.2) is 16.0 Å². The Balaban J connectivity index is -0.000000208. The molecule has 1 aromatic carbocycles. The van der Waals surface area contributed by atoms with E-state index in [2.05, 4.69) is 0 Å². The Labute approximate surface area is 102 Å². The van der Waals surface area contributed by atoms with Gasteiger partial charge in [0.1, 0.15) is 0 Å². The standard InChI is InChI=1S/C6H5NO2.C2H4O2.2C2H6/c8-7(9)6-4-2-1-3-5-6;1-2(3)4;2*1-2/h1-5H;1H3,(H,3,4);2*1-2H3. The fourth-order valence-electron chi connectivity index (χ4n) is 0.550. The second-order valence-corrected chi connectivity index (χ2v) is 2.11. The highest BCUT2D eigenvalue weighted by Gasteiger charge is 1.98. The minimum Gasteiger partial charge on any atom is -0.481 e. The zero-order chi connectivity index (χ0) is 14.3. The Hall–Kier alpha value is -1.91. The van der Waals surface area contributed by atoms with Crippen molar-refractivity contribution in [3.05, 3.63) is 40.4 Å². The van der Waals surface area contributed by atoms with E-state index >= 15 is 0 Å². The Bertz CT molecular complexity index is 282. The van der Waals surface area contributed by atoms with Crippen LogP contribution >= 0.6 is 0 Å². The molecule has 0 fully saturated rings. The van der Waals surface area contributed by atoms with Crippen molar-refractivity contribution in [3.8, 4) is 0 Å². The molecular formula is C12H21NO4. The van der Waals surface area contributed by atoms with Crippen LogP contribution in [0.3, 0.4) is 0 Å². The summed E-state index contributed by atoms with van der Waals surface area (Å²) in [6.07, 6.45) is 0. The van der Waals surface area contributed by atoms with E-state index in [0.29, 0.717) is 0 Å². The van der Waals surface area contributed by atoms with E-state index in [1.165, 1.54) is 12.1 Å². The third-order valence-corrected chi connectivity index (χ3v) is 0.967. The number of hydrogen-bond acceptors (Lipinski definition) is 3. The van der Waals surface area contributed by atoms with Crippen molar-refractivity contribution in [1.29, 1.82) is 0 Å². The number of para-hydroxylation sites is 1. The molecule has 1 aromatic rings. The molecule has 0 saturated heterocycles. The average Bonchev–Trinajstić information content (AvgIpc) is 2.34. The number of carboxylic acids is 1. The SMILES string of the molecule is CC.CC.CC(=O)O.O=[N+]([O-])c1ccccc1. The summed E-state index contributed by atoms with van der Waals surface area (Å²) < 4.78 is 0. The maximum Gasteiger partial charge on any atom is 0.300 e. The van der Waals surface area contributed by atoms with Gasteiger partial charge in [-0.15, -0.1) is 0 Å². The minimum absolute atomic E-state index is 0.137. The van der Waals surface area contributed by atoms with Crippen molar-refractivity contribution in [2.24, 2.45) is 0 Å². The van der Waals surface area contributed by atoms with Gasteiger partial charge in [0.05, 0.1) is 4.92 Å². The molecular weight excluding hydrogens is 222 g/mol. The number of hydrogen-bond donors (Lipinski definition) is 1. The monoisotopic (exact) mass is 243 g/mol. The highest BCUT2D eigenvalue weighted by Crippen LogP contribution is 2.06. The lowest BCUT2D eigenvalue weighted by molar-refractivity contribution is -0.384. The van der Waals surface area contributed by atoms with Crippen LogP contribution in [-0.2, 0) is 4.79 Å². The fourth-order valence-corrected chi connectivity index (χ4v) is 0.550. The Morgan fingerprint density at radius 1 is 1.12 bits per heavy atom. The van der Waals surface area contributed by atoms with Crippen molar-refractivity contribution < 1.29 is 14.8 Å². The number of benzene rings is 1. The number of nitro benzene ring substituents is 1. The molecule has 0 aliphatic rings. The summed E-state index contributed by atoms with van der Waals surface area (Å²) in [6.45, 7) is 9.08. The molecule has 5 nitrogen and oxygen atoms in total. The quantitative estimate of drug-likeness (QED) is 0.601. The van der Waals surface area contributed by atoms with Crippen molar-refractivity contribution >= 4 is 11.7 Å². The van der Waals surface area contributed by atoms with Crippen molar-refractivity contribution in [3.63, 3.8) is 0 Å². The van der Waals surface area contributed by atoms with Crippen LogP contribution in [0.2, 0.25) is 0 Å². The summed E-state index contributed by atoms with van der Waals surface area (Å²) in [5.41, 5.74) is 0.137. The van der Waals surface area contributed by atoms with Crippen molar-refractivity contribution in [2.45, 2.75) is 34.6 Å². The third kappa shape index (κ3) is 20.2. The molecule has 0 aliphatic carbocycles.